The van der Waals surface area contributed by atoms with Gasteiger partial charge < -0.3 is 10.3 Å². The number of anilines is 2. The van der Waals surface area contributed by atoms with Gasteiger partial charge in [0.15, 0.2) is 4.34 Å². The summed E-state index contributed by atoms with van der Waals surface area (Å²) in [4.78, 5) is 19.7. The van der Waals surface area contributed by atoms with Crippen LogP contribution in [0, 0.1) is 0 Å². The first kappa shape index (κ1) is 19.3. The van der Waals surface area contributed by atoms with E-state index in [-0.39, 0.29) is 5.56 Å². The minimum atomic E-state index is -2.44. The minimum absolute atomic E-state index is 0.135. The van der Waals surface area contributed by atoms with E-state index in [1.165, 1.54) is 34.4 Å². The Labute approximate surface area is 173 Å². The van der Waals surface area contributed by atoms with Crippen LogP contribution in [0.15, 0.2) is 49.7 Å². The average molecular weight is 456 g/mol. The van der Waals surface area contributed by atoms with Crippen molar-refractivity contribution in [2.75, 3.05) is 5.32 Å². The molecular weight excluding hydrogens is 444 g/mol. The van der Waals surface area contributed by atoms with Crippen molar-refractivity contribution in [3.8, 4) is 0 Å². The third-order valence-electron chi connectivity index (χ3n) is 3.43. The molecule has 6 nitrogen and oxygen atoms in total. The topological polar surface area (TPSA) is 83.6 Å². The number of benzene rings is 1. The molecule has 3 aromatic heterocycles. The van der Waals surface area contributed by atoms with Crippen LogP contribution in [-0.2, 0) is 5.75 Å². The summed E-state index contributed by atoms with van der Waals surface area (Å²) >= 11 is 4.65. The highest BCUT2D eigenvalue weighted by molar-refractivity contribution is 8.00. The van der Waals surface area contributed by atoms with Crippen molar-refractivity contribution in [3.63, 3.8) is 0 Å². The Hall–Kier alpha value is -2.02. The summed E-state index contributed by atoms with van der Waals surface area (Å²) in [6.45, 7) is 0. The number of aromatic amines is 1. The zero-order valence-corrected chi connectivity index (χ0v) is 17.2. The fourth-order valence-corrected chi connectivity index (χ4v) is 5.15. The largest absolute Gasteiger partial charge is 0.330 e. The lowest BCUT2D eigenvalue weighted by atomic mass is 10.3. The predicted molar refractivity (Wildman–Crippen MR) is 111 cm³/mol. The summed E-state index contributed by atoms with van der Waals surface area (Å²) in [5.74, 6) is -1.39. The number of thioether (sulfide) groups is 2. The lowest BCUT2D eigenvalue weighted by Crippen LogP contribution is -2.09. The molecule has 12 heteroatoms. The molecule has 0 aliphatic rings. The van der Waals surface area contributed by atoms with Crippen LogP contribution < -0.4 is 10.9 Å². The first-order valence-electron chi connectivity index (χ1n) is 7.81. The number of nitrogens with one attached hydrogen (secondary N) is 2. The lowest BCUT2D eigenvalue weighted by Gasteiger charge is -2.03. The van der Waals surface area contributed by atoms with Crippen molar-refractivity contribution < 1.29 is 8.78 Å². The fourth-order valence-electron chi connectivity index (χ4n) is 2.28. The normalized spacial score (nSPS) is 11.4. The Morgan fingerprint density at radius 1 is 1.18 bits per heavy atom. The van der Waals surface area contributed by atoms with Crippen LogP contribution in [0.4, 0.5) is 19.6 Å². The molecule has 4 rings (SSSR count). The Balaban J connectivity index is 1.38. The second-order valence-electron chi connectivity index (χ2n) is 5.34. The van der Waals surface area contributed by atoms with Crippen LogP contribution in [0.2, 0.25) is 0 Å². The number of halogens is 2. The zero-order chi connectivity index (χ0) is 19.5. The molecule has 0 saturated carbocycles. The quantitative estimate of drug-likeness (QED) is 0.371. The summed E-state index contributed by atoms with van der Waals surface area (Å²) in [5, 5.41) is 13.7. The predicted octanol–water partition coefficient (Wildman–Crippen LogP) is 5.19. The van der Waals surface area contributed by atoms with Gasteiger partial charge in [-0.25, -0.2) is 4.98 Å². The number of fused-ring (bicyclic) bond motifs is 1. The molecule has 0 fully saturated rings. The highest BCUT2D eigenvalue weighted by Crippen LogP contribution is 2.31. The molecule has 3 heterocycles. The number of hydrogen-bond acceptors (Lipinski definition) is 9. The smallest absolute Gasteiger partial charge is 0.288 e. The van der Waals surface area contributed by atoms with Gasteiger partial charge in [-0.15, -0.1) is 21.5 Å². The number of hydrogen-bond donors (Lipinski definition) is 2. The number of rotatable bonds is 7. The van der Waals surface area contributed by atoms with Crippen LogP contribution in [0.1, 0.15) is 5.82 Å². The van der Waals surface area contributed by atoms with Crippen molar-refractivity contribution in [2.24, 2.45) is 0 Å². The molecule has 0 amide bonds. The van der Waals surface area contributed by atoms with E-state index in [1.54, 1.807) is 24.3 Å². The molecule has 0 spiro atoms. The average Bonchev–Trinajstić information content (AvgIpc) is 3.31. The highest BCUT2D eigenvalue weighted by atomic mass is 32.2. The van der Waals surface area contributed by atoms with E-state index in [0.29, 0.717) is 43.6 Å². The molecular formula is C16H11F2N5OS4. The molecule has 1 aromatic carbocycles. The molecule has 0 bridgehead atoms. The van der Waals surface area contributed by atoms with Crippen LogP contribution in [0.3, 0.4) is 0 Å². The summed E-state index contributed by atoms with van der Waals surface area (Å²) < 4.78 is 26.0. The first-order valence-corrected chi connectivity index (χ1v) is 11.4. The SMILES string of the molecule is O=c1[nH]c(CSc2nnc(Nc3ccc(SC(F)F)cc3)s2)nc2ccsc12. The van der Waals surface area contributed by atoms with Gasteiger partial charge in [0.05, 0.1) is 11.3 Å². The van der Waals surface area contributed by atoms with E-state index in [9.17, 15) is 13.6 Å². The van der Waals surface area contributed by atoms with Crippen LogP contribution in [-0.4, -0.2) is 25.9 Å². The maximum Gasteiger partial charge on any atom is 0.288 e. The standard InChI is InChI=1S/C16H11F2N5OS4/c17-14(18)27-9-3-1-8(2-4-9)19-15-22-23-16(28-15)26-7-11-20-10-5-6-25-12(10)13(24)21-11/h1-6,14H,7H2,(H,19,22)(H,20,21,24). The van der Waals surface area contributed by atoms with Crippen LogP contribution in [0.5, 0.6) is 0 Å². The minimum Gasteiger partial charge on any atom is -0.330 e. The molecule has 144 valence electrons. The van der Waals surface area contributed by atoms with E-state index in [2.05, 4.69) is 25.5 Å². The van der Waals surface area contributed by atoms with Gasteiger partial charge in [-0.05, 0) is 35.7 Å². The van der Waals surface area contributed by atoms with Crippen molar-refractivity contribution in [2.45, 2.75) is 20.7 Å². The summed E-state index contributed by atoms with van der Waals surface area (Å²) in [6.07, 6.45) is 0. The van der Waals surface area contributed by atoms with Crippen molar-refractivity contribution in [1.29, 1.82) is 0 Å². The maximum absolute atomic E-state index is 12.4. The molecule has 0 atom stereocenters. The molecule has 4 aromatic rings. The second-order valence-corrected chi connectivity index (χ2v) is 9.52. The number of thiophene rings is 1. The molecule has 28 heavy (non-hydrogen) atoms. The van der Waals surface area contributed by atoms with Crippen molar-refractivity contribution >= 4 is 67.2 Å². The van der Waals surface area contributed by atoms with E-state index in [4.69, 9.17) is 0 Å². The second kappa shape index (κ2) is 8.55. The number of aromatic nitrogens is 4. The lowest BCUT2D eigenvalue weighted by molar-refractivity contribution is 0.252. The van der Waals surface area contributed by atoms with Crippen LogP contribution >= 0.6 is 46.2 Å². The summed E-state index contributed by atoms with van der Waals surface area (Å²) in [6, 6.07) is 8.49. The Bertz CT molecular complexity index is 1140. The first-order chi connectivity index (χ1) is 13.6. The monoisotopic (exact) mass is 455 g/mol. The summed E-state index contributed by atoms with van der Waals surface area (Å²) in [5.41, 5.74) is 1.29. The van der Waals surface area contributed by atoms with Gasteiger partial charge in [-0.3, -0.25) is 4.79 Å². The van der Waals surface area contributed by atoms with E-state index >= 15 is 0 Å². The van der Waals surface area contributed by atoms with E-state index in [1.807, 2.05) is 11.4 Å². The van der Waals surface area contributed by atoms with Gasteiger partial charge in [0.25, 0.3) is 11.3 Å². The molecule has 0 radical (unpaired) electrons. The molecule has 0 unspecified atom stereocenters. The Morgan fingerprint density at radius 2 is 2.00 bits per heavy atom. The molecule has 0 saturated heterocycles. The maximum atomic E-state index is 12.4. The van der Waals surface area contributed by atoms with Gasteiger partial charge >= 0.3 is 0 Å². The Morgan fingerprint density at radius 3 is 2.79 bits per heavy atom. The van der Waals surface area contributed by atoms with Crippen molar-refractivity contribution in [1.82, 2.24) is 20.2 Å². The number of H-pyrrole nitrogens is 1. The number of nitrogens with zero attached hydrogens (tertiary/aromatic N) is 3. The third kappa shape index (κ3) is 4.69. The third-order valence-corrected chi connectivity index (χ3v) is 7.04. The number of alkyl halides is 2. The van der Waals surface area contributed by atoms with E-state index < -0.39 is 5.76 Å². The van der Waals surface area contributed by atoms with Gasteiger partial charge in [-0.1, -0.05) is 34.9 Å². The van der Waals surface area contributed by atoms with Crippen LogP contribution in [0.25, 0.3) is 10.2 Å². The van der Waals surface area contributed by atoms with Gasteiger partial charge in [0.1, 0.15) is 10.5 Å². The van der Waals surface area contributed by atoms with Gasteiger partial charge in [-0.2, -0.15) is 8.78 Å². The fraction of sp³-hybridized carbons (Fsp3) is 0.125. The summed E-state index contributed by atoms with van der Waals surface area (Å²) in [7, 11) is 0. The van der Waals surface area contributed by atoms with E-state index in [0.717, 1.165) is 10.0 Å². The van der Waals surface area contributed by atoms with Crippen molar-refractivity contribution in [3.05, 3.63) is 51.9 Å². The highest BCUT2D eigenvalue weighted by Gasteiger charge is 2.10. The van der Waals surface area contributed by atoms with Gasteiger partial charge in [0, 0.05) is 10.6 Å². The van der Waals surface area contributed by atoms with Gasteiger partial charge in [0.2, 0.25) is 5.13 Å². The molecule has 0 aliphatic carbocycles. The molecule has 2 N–H and O–H groups in total. The zero-order valence-electron chi connectivity index (χ0n) is 13.9. The Kier molecular flexibility index (Phi) is 5.90. The molecule has 0 aliphatic heterocycles.